The molecule has 7 heteroatoms. The molecule has 21 heavy (non-hydrogen) atoms. The van der Waals surface area contributed by atoms with Crippen LogP contribution in [0.3, 0.4) is 0 Å². The SMILES string of the molecule is CCOC(=O)CN(C)C(=O)NC(CC(=O)O)CC(C)(C)C. The first-order chi connectivity index (χ1) is 9.55. The van der Waals surface area contributed by atoms with Gasteiger partial charge >= 0.3 is 18.0 Å². The van der Waals surface area contributed by atoms with Crippen molar-refractivity contribution < 1.29 is 24.2 Å². The zero-order valence-corrected chi connectivity index (χ0v) is 13.4. The Balaban J connectivity index is 4.57. The van der Waals surface area contributed by atoms with E-state index in [9.17, 15) is 14.4 Å². The minimum absolute atomic E-state index is 0.118. The second kappa shape index (κ2) is 8.49. The second-order valence-corrected chi connectivity index (χ2v) is 6.17. The van der Waals surface area contributed by atoms with Gasteiger partial charge in [0.15, 0.2) is 0 Å². The summed E-state index contributed by atoms with van der Waals surface area (Å²) in [5.41, 5.74) is -0.118. The molecular weight excluding hydrogens is 276 g/mol. The summed E-state index contributed by atoms with van der Waals surface area (Å²) in [5.74, 6) is -1.47. The summed E-state index contributed by atoms with van der Waals surface area (Å²) in [6, 6.07) is -0.974. The average molecular weight is 302 g/mol. The fourth-order valence-corrected chi connectivity index (χ4v) is 1.88. The summed E-state index contributed by atoms with van der Waals surface area (Å²) in [6.07, 6.45) is 0.370. The van der Waals surface area contributed by atoms with Gasteiger partial charge in [0.25, 0.3) is 0 Å². The van der Waals surface area contributed by atoms with Crippen LogP contribution >= 0.6 is 0 Å². The van der Waals surface area contributed by atoms with Crippen molar-refractivity contribution in [2.75, 3.05) is 20.2 Å². The number of aliphatic carboxylic acids is 1. The number of ether oxygens (including phenoxy) is 1. The molecule has 0 aromatic heterocycles. The number of carboxylic acid groups (broad SMARTS) is 1. The maximum absolute atomic E-state index is 12.0. The number of hydrogen-bond donors (Lipinski definition) is 2. The molecule has 2 amide bonds. The van der Waals surface area contributed by atoms with E-state index in [1.165, 1.54) is 11.9 Å². The predicted molar refractivity (Wildman–Crippen MR) is 77.9 cm³/mol. The molecule has 0 aromatic carbocycles. The molecule has 0 aliphatic rings. The van der Waals surface area contributed by atoms with E-state index >= 15 is 0 Å². The molecule has 0 saturated carbocycles. The first kappa shape index (κ1) is 19.2. The zero-order chi connectivity index (χ0) is 16.6. The van der Waals surface area contributed by atoms with Crippen LogP contribution in [0.4, 0.5) is 4.79 Å². The van der Waals surface area contributed by atoms with Gasteiger partial charge in [-0.25, -0.2) is 4.79 Å². The second-order valence-electron chi connectivity index (χ2n) is 6.17. The highest BCUT2D eigenvalue weighted by Crippen LogP contribution is 2.22. The van der Waals surface area contributed by atoms with Gasteiger partial charge in [-0.15, -0.1) is 0 Å². The van der Waals surface area contributed by atoms with E-state index in [1.807, 2.05) is 20.8 Å². The predicted octanol–water partition coefficient (Wildman–Crippen LogP) is 1.47. The topological polar surface area (TPSA) is 95.9 Å². The molecule has 0 spiro atoms. The molecule has 7 nitrogen and oxygen atoms in total. The molecule has 0 rings (SSSR count). The normalized spacial score (nSPS) is 12.4. The number of rotatable bonds is 7. The smallest absolute Gasteiger partial charge is 0.325 e. The van der Waals surface area contributed by atoms with E-state index in [0.717, 1.165) is 0 Å². The van der Waals surface area contributed by atoms with Gasteiger partial charge in [-0.3, -0.25) is 9.59 Å². The standard InChI is InChI=1S/C14H26N2O5/c1-6-21-12(19)9-16(5)13(20)15-10(7-11(17)18)8-14(2,3)4/h10H,6-9H2,1-5H3,(H,15,20)(H,17,18). The molecule has 0 aliphatic heterocycles. The Morgan fingerprint density at radius 1 is 1.29 bits per heavy atom. The third-order valence-corrected chi connectivity index (χ3v) is 2.63. The van der Waals surface area contributed by atoms with Crippen molar-refractivity contribution >= 4 is 18.0 Å². The van der Waals surface area contributed by atoms with Crippen molar-refractivity contribution in [3.8, 4) is 0 Å². The fourth-order valence-electron chi connectivity index (χ4n) is 1.88. The van der Waals surface area contributed by atoms with Gasteiger partial charge in [0.1, 0.15) is 6.54 Å². The Labute approximate surface area is 125 Å². The first-order valence-corrected chi connectivity index (χ1v) is 6.94. The average Bonchev–Trinajstić information content (AvgIpc) is 2.25. The van der Waals surface area contributed by atoms with Crippen molar-refractivity contribution in [2.24, 2.45) is 5.41 Å². The van der Waals surface area contributed by atoms with E-state index in [0.29, 0.717) is 6.42 Å². The largest absolute Gasteiger partial charge is 0.481 e. The Morgan fingerprint density at radius 3 is 2.29 bits per heavy atom. The Hall–Kier alpha value is -1.79. The van der Waals surface area contributed by atoms with E-state index in [-0.39, 0.29) is 25.0 Å². The van der Waals surface area contributed by atoms with Crippen LogP contribution in [0.1, 0.15) is 40.5 Å². The van der Waals surface area contributed by atoms with Crippen LogP contribution in [-0.4, -0.2) is 54.2 Å². The highest BCUT2D eigenvalue weighted by Gasteiger charge is 2.24. The number of esters is 1. The molecule has 0 bridgehead atoms. The lowest BCUT2D eigenvalue weighted by atomic mass is 9.87. The van der Waals surface area contributed by atoms with Crippen molar-refractivity contribution in [2.45, 2.75) is 46.6 Å². The number of carbonyl (C=O) groups is 3. The van der Waals surface area contributed by atoms with E-state index < -0.39 is 24.0 Å². The van der Waals surface area contributed by atoms with Crippen LogP contribution < -0.4 is 5.32 Å². The minimum Gasteiger partial charge on any atom is -0.481 e. The van der Waals surface area contributed by atoms with Crippen LogP contribution in [0, 0.1) is 5.41 Å². The monoisotopic (exact) mass is 302 g/mol. The van der Waals surface area contributed by atoms with Crippen LogP contribution in [-0.2, 0) is 14.3 Å². The molecule has 1 atom stereocenters. The van der Waals surface area contributed by atoms with Crippen LogP contribution in [0.5, 0.6) is 0 Å². The number of likely N-dealkylation sites (N-methyl/N-ethyl adjacent to an activating group) is 1. The molecule has 0 heterocycles. The maximum Gasteiger partial charge on any atom is 0.325 e. The molecule has 0 aliphatic carbocycles. The maximum atomic E-state index is 12.0. The summed E-state index contributed by atoms with van der Waals surface area (Å²) < 4.78 is 4.76. The molecule has 122 valence electrons. The summed E-state index contributed by atoms with van der Waals surface area (Å²) in [7, 11) is 1.46. The lowest BCUT2D eigenvalue weighted by Gasteiger charge is -2.27. The van der Waals surface area contributed by atoms with E-state index in [1.54, 1.807) is 6.92 Å². The number of urea groups is 1. The number of nitrogens with one attached hydrogen (secondary N) is 1. The first-order valence-electron chi connectivity index (χ1n) is 6.94. The van der Waals surface area contributed by atoms with Crippen LogP contribution in [0.15, 0.2) is 0 Å². The summed E-state index contributed by atoms with van der Waals surface area (Å²) in [4.78, 5) is 35.3. The van der Waals surface area contributed by atoms with Crippen molar-refractivity contribution in [3.63, 3.8) is 0 Å². The highest BCUT2D eigenvalue weighted by atomic mass is 16.5. The third-order valence-electron chi connectivity index (χ3n) is 2.63. The highest BCUT2D eigenvalue weighted by molar-refractivity contribution is 5.81. The van der Waals surface area contributed by atoms with E-state index in [2.05, 4.69) is 5.32 Å². The fraction of sp³-hybridized carbons (Fsp3) is 0.786. The van der Waals surface area contributed by atoms with Gasteiger partial charge in [0.2, 0.25) is 0 Å². The van der Waals surface area contributed by atoms with Crippen LogP contribution in [0.25, 0.3) is 0 Å². The molecule has 0 aromatic rings. The quantitative estimate of drug-likeness (QED) is 0.694. The number of carboxylic acids is 1. The van der Waals surface area contributed by atoms with Gasteiger partial charge in [0.05, 0.1) is 13.0 Å². The molecule has 0 radical (unpaired) electrons. The summed E-state index contributed by atoms with van der Waals surface area (Å²) in [5, 5.41) is 11.6. The molecule has 2 N–H and O–H groups in total. The molecule has 1 unspecified atom stereocenters. The van der Waals surface area contributed by atoms with Crippen molar-refractivity contribution in [1.29, 1.82) is 0 Å². The molecular formula is C14H26N2O5. The number of amides is 2. The minimum atomic E-state index is -0.974. The number of carbonyl (C=O) groups excluding carboxylic acids is 2. The number of hydrogen-bond acceptors (Lipinski definition) is 4. The lowest BCUT2D eigenvalue weighted by Crippen LogP contribution is -2.46. The zero-order valence-electron chi connectivity index (χ0n) is 13.4. The summed E-state index contributed by atoms with van der Waals surface area (Å²) in [6.45, 7) is 7.67. The Kier molecular flexibility index (Phi) is 7.76. The van der Waals surface area contributed by atoms with Crippen LogP contribution in [0.2, 0.25) is 0 Å². The van der Waals surface area contributed by atoms with Gasteiger partial charge in [-0.05, 0) is 18.8 Å². The Morgan fingerprint density at radius 2 is 1.86 bits per heavy atom. The molecule has 0 fully saturated rings. The van der Waals surface area contributed by atoms with Gasteiger partial charge in [0, 0.05) is 13.1 Å². The lowest BCUT2D eigenvalue weighted by molar-refractivity contribution is -0.143. The van der Waals surface area contributed by atoms with Crippen molar-refractivity contribution in [3.05, 3.63) is 0 Å². The van der Waals surface area contributed by atoms with Gasteiger partial charge in [-0.1, -0.05) is 20.8 Å². The molecule has 0 saturated heterocycles. The third kappa shape index (κ3) is 9.70. The number of nitrogens with zero attached hydrogens (tertiary/aromatic N) is 1. The van der Waals surface area contributed by atoms with Gasteiger partial charge < -0.3 is 20.1 Å². The Bertz CT molecular complexity index is 376. The van der Waals surface area contributed by atoms with Crippen molar-refractivity contribution in [1.82, 2.24) is 10.2 Å². The summed E-state index contributed by atoms with van der Waals surface area (Å²) >= 11 is 0. The van der Waals surface area contributed by atoms with E-state index in [4.69, 9.17) is 9.84 Å². The van der Waals surface area contributed by atoms with Gasteiger partial charge in [-0.2, -0.15) is 0 Å².